The maximum atomic E-state index is 5.72. The maximum Gasteiger partial charge on any atom is 0.0351 e. The lowest BCUT2D eigenvalue weighted by atomic mass is 9.54. The highest BCUT2D eigenvalue weighted by Crippen LogP contribution is 2.53. The third-order valence-electron chi connectivity index (χ3n) is 5.77. The van der Waals surface area contributed by atoms with Crippen LogP contribution >= 0.6 is 0 Å². The van der Waals surface area contributed by atoms with Crippen molar-refractivity contribution < 1.29 is 0 Å². The first-order valence-corrected chi connectivity index (χ1v) is 8.10. The molecule has 20 heavy (non-hydrogen) atoms. The van der Waals surface area contributed by atoms with E-state index in [0.29, 0.717) is 6.04 Å². The molecule has 4 aliphatic rings. The summed E-state index contributed by atoms with van der Waals surface area (Å²) < 4.78 is 0. The molecule has 0 unspecified atom stereocenters. The van der Waals surface area contributed by atoms with Gasteiger partial charge in [-0.05, 0) is 73.5 Å². The highest BCUT2D eigenvalue weighted by atomic mass is 15.4. The zero-order valence-corrected chi connectivity index (χ0v) is 12.0. The van der Waals surface area contributed by atoms with Crippen molar-refractivity contribution in [1.82, 2.24) is 10.9 Å². The predicted molar refractivity (Wildman–Crippen MR) is 81.7 cm³/mol. The largest absolute Gasteiger partial charge is 0.399 e. The SMILES string of the molecule is Nc1ccc(CNNC2C3CC4CC(C3)CC2C4)cc1. The Morgan fingerprint density at radius 2 is 1.50 bits per heavy atom. The summed E-state index contributed by atoms with van der Waals surface area (Å²) in [5, 5.41) is 0. The summed E-state index contributed by atoms with van der Waals surface area (Å²) in [5.41, 5.74) is 14.9. The summed E-state index contributed by atoms with van der Waals surface area (Å²) >= 11 is 0. The van der Waals surface area contributed by atoms with Crippen LogP contribution < -0.4 is 16.6 Å². The Labute approximate surface area is 121 Å². The molecule has 0 amide bonds. The van der Waals surface area contributed by atoms with E-state index in [1.807, 2.05) is 12.1 Å². The second kappa shape index (κ2) is 5.05. The van der Waals surface area contributed by atoms with Crippen LogP contribution in [0.2, 0.25) is 0 Å². The molecule has 0 atom stereocenters. The average Bonchev–Trinajstić information content (AvgIpc) is 2.43. The first-order chi connectivity index (χ1) is 9.78. The van der Waals surface area contributed by atoms with Gasteiger partial charge < -0.3 is 5.73 Å². The van der Waals surface area contributed by atoms with Crippen LogP contribution in [0.15, 0.2) is 24.3 Å². The molecular weight excluding hydrogens is 246 g/mol. The molecule has 5 rings (SSSR count). The van der Waals surface area contributed by atoms with Gasteiger partial charge in [0.05, 0.1) is 0 Å². The van der Waals surface area contributed by atoms with Gasteiger partial charge in [0.1, 0.15) is 0 Å². The number of benzene rings is 1. The van der Waals surface area contributed by atoms with Gasteiger partial charge in [-0.3, -0.25) is 10.9 Å². The lowest BCUT2D eigenvalue weighted by molar-refractivity contribution is -0.0189. The molecule has 3 heteroatoms. The third kappa shape index (κ3) is 2.33. The lowest BCUT2D eigenvalue weighted by Gasteiger charge is -2.54. The quantitative estimate of drug-likeness (QED) is 0.583. The van der Waals surface area contributed by atoms with Gasteiger partial charge in [-0.2, -0.15) is 0 Å². The fraction of sp³-hybridized carbons (Fsp3) is 0.647. The molecule has 0 aromatic heterocycles. The van der Waals surface area contributed by atoms with Crippen molar-refractivity contribution in [2.45, 2.75) is 44.7 Å². The van der Waals surface area contributed by atoms with Gasteiger partial charge in [0.25, 0.3) is 0 Å². The normalized spacial score (nSPS) is 38.3. The summed E-state index contributed by atoms with van der Waals surface area (Å²) in [6.07, 6.45) is 7.39. The van der Waals surface area contributed by atoms with E-state index in [1.165, 1.54) is 37.7 Å². The summed E-state index contributed by atoms with van der Waals surface area (Å²) in [6, 6.07) is 8.85. The van der Waals surface area contributed by atoms with Gasteiger partial charge in [-0.15, -0.1) is 0 Å². The zero-order chi connectivity index (χ0) is 13.5. The Morgan fingerprint density at radius 3 is 2.10 bits per heavy atom. The molecule has 0 aliphatic heterocycles. The summed E-state index contributed by atoms with van der Waals surface area (Å²) in [6.45, 7) is 0.878. The van der Waals surface area contributed by atoms with Crippen molar-refractivity contribution in [1.29, 1.82) is 0 Å². The van der Waals surface area contributed by atoms with Gasteiger partial charge in [0, 0.05) is 18.3 Å². The molecule has 108 valence electrons. The van der Waals surface area contributed by atoms with Gasteiger partial charge in [0.15, 0.2) is 0 Å². The minimum absolute atomic E-state index is 0.705. The first-order valence-electron chi connectivity index (χ1n) is 8.10. The fourth-order valence-corrected chi connectivity index (χ4v) is 5.07. The molecular formula is C17H25N3. The van der Waals surface area contributed by atoms with Crippen molar-refractivity contribution in [3.8, 4) is 0 Å². The molecule has 4 N–H and O–H groups in total. The molecule has 4 bridgehead atoms. The third-order valence-corrected chi connectivity index (χ3v) is 5.77. The fourth-order valence-electron chi connectivity index (χ4n) is 5.07. The summed E-state index contributed by atoms with van der Waals surface area (Å²) in [5.74, 6) is 3.94. The number of hydrazine groups is 1. The van der Waals surface area contributed by atoms with Crippen molar-refractivity contribution in [2.24, 2.45) is 23.7 Å². The molecule has 0 saturated heterocycles. The maximum absolute atomic E-state index is 5.72. The van der Waals surface area contributed by atoms with Crippen molar-refractivity contribution >= 4 is 5.69 Å². The smallest absolute Gasteiger partial charge is 0.0351 e. The number of nitrogens with one attached hydrogen (secondary N) is 2. The Bertz CT molecular complexity index is 440. The van der Waals surface area contributed by atoms with E-state index in [4.69, 9.17) is 5.73 Å². The standard InChI is InChI=1S/C17H25N3/c18-16-3-1-11(2-4-16)10-19-20-17-14-6-12-5-13(8-14)9-15(17)7-12/h1-4,12-15,17,19-20H,5-10,18H2. The van der Waals surface area contributed by atoms with Crippen molar-refractivity contribution in [3.05, 3.63) is 29.8 Å². The number of nitrogens with two attached hydrogens (primary N) is 1. The van der Waals surface area contributed by atoms with Crippen LogP contribution in [0.1, 0.15) is 37.7 Å². The second-order valence-corrected chi connectivity index (χ2v) is 7.20. The van der Waals surface area contributed by atoms with E-state index >= 15 is 0 Å². The number of anilines is 1. The van der Waals surface area contributed by atoms with Gasteiger partial charge >= 0.3 is 0 Å². The average molecular weight is 271 g/mol. The second-order valence-electron chi connectivity index (χ2n) is 7.20. The Hall–Kier alpha value is -1.06. The monoisotopic (exact) mass is 271 g/mol. The van der Waals surface area contributed by atoms with Crippen LogP contribution in [0.5, 0.6) is 0 Å². The molecule has 0 spiro atoms. The molecule has 4 saturated carbocycles. The number of hydrogen-bond donors (Lipinski definition) is 3. The van der Waals surface area contributed by atoms with E-state index < -0.39 is 0 Å². The van der Waals surface area contributed by atoms with Gasteiger partial charge in [-0.1, -0.05) is 12.1 Å². The number of hydrogen-bond acceptors (Lipinski definition) is 3. The van der Waals surface area contributed by atoms with Crippen LogP contribution in [0, 0.1) is 23.7 Å². The molecule has 3 nitrogen and oxygen atoms in total. The van der Waals surface area contributed by atoms with E-state index in [0.717, 1.165) is 35.9 Å². The minimum Gasteiger partial charge on any atom is -0.399 e. The Balaban J connectivity index is 1.32. The van der Waals surface area contributed by atoms with Crippen molar-refractivity contribution in [3.63, 3.8) is 0 Å². The topological polar surface area (TPSA) is 50.1 Å². The van der Waals surface area contributed by atoms with Crippen LogP contribution in [-0.2, 0) is 6.54 Å². The number of nitrogen functional groups attached to an aromatic ring is 1. The lowest BCUT2D eigenvalue weighted by Crippen LogP contribution is -2.57. The van der Waals surface area contributed by atoms with Crippen LogP contribution in [-0.4, -0.2) is 6.04 Å². The van der Waals surface area contributed by atoms with Gasteiger partial charge in [0.2, 0.25) is 0 Å². The van der Waals surface area contributed by atoms with Crippen LogP contribution in [0.4, 0.5) is 5.69 Å². The molecule has 1 aromatic carbocycles. The zero-order valence-electron chi connectivity index (χ0n) is 12.0. The highest BCUT2D eigenvalue weighted by molar-refractivity contribution is 5.39. The Kier molecular flexibility index (Phi) is 3.20. The number of rotatable bonds is 4. The van der Waals surface area contributed by atoms with Crippen LogP contribution in [0.3, 0.4) is 0 Å². The van der Waals surface area contributed by atoms with E-state index in [1.54, 1.807) is 0 Å². The van der Waals surface area contributed by atoms with E-state index in [9.17, 15) is 0 Å². The predicted octanol–water partition coefficient (Wildman–Crippen LogP) is 2.69. The van der Waals surface area contributed by atoms with Crippen LogP contribution in [0.25, 0.3) is 0 Å². The molecule has 1 aromatic rings. The molecule has 0 heterocycles. The molecule has 0 radical (unpaired) electrons. The molecule has 4 fully saturated rings. The van der Waals surface area contributed by atoms with E-state index in [-0.39, 0.29) is 0 Å². The Morgan fingerprint density at radius 1 is 0.900 bits per heavy atom. The minimum atomic E-state index is 0.705. The highest BCUT2D eigenvalue weighted by Gasteiger charge is 2.47. The molecule has 4 aliphatic carbocycles. The summed E-state index contributed by atoms with van der Waals surface area (Å²) in [4.78, 5) is 0. The van der Waals surface area contributed by atoms with E-state index in [2.05, 4.69) is 23.0 Å². The van der Waals surface area contributed by atoms with Crippen molar-refractivity contribution in [2.75, 3.05) is 5.73 Å². The van der Waals surface area contributed by atoms with Gasteiger partial charge in [-0.25, -0.2) is 0 Å². The summed E-state index contributed by atoms with van der Waals surface area (Å²) in [7, 11) is 0. The first kappa shape index (κ1) is 12.7.